The van der Waals surface area contributed by atoms with Crippen LogP contribution in [-0.2, 0) is 0 Å². The molecule has 0 radical (unpaired) electrons. The van der Waals surface area contributed by atoms with Gasteiger partial charge in [0.2, 0.25) is 0 Å². The van der Waals surface area contributed by atoms with Crippen molar-refractivity contribution in [1.82, 2.24) is 4.98 Å². The van der Waals surface area contributed by atoms with E-state index in [1.807, 2.05) is 0 Å². The van der Waals surface area contributed by atoms with Gasteiger partial charge < -0.3 is 10.0 Å². The van der Waals surface area contributed by atoms with Gasteiger partial charge in [0.1, 0.15) is 5.82 Å². The monoisotopic (exact) mass is 191 g/mol. The summed E-state index contributed by atoms with van der Waals surface area (Å²) in [5.74, 6) is -0.371. The molecule has 0 bridgehead atoms. The molecule has 2 rings (SSSR count). The quantitative estimate of drug-likeness (QED) is 0.626. The lowest BCUT2D eigenvalue weighted by Crippen LogP contribution is -2.29. The summed E-state index contributed by atoms with van der Waals surface area (Å²) in [5.41, 5.74) is 0.874. The van der Waals surface area contributed by atoms with Crippen molar-refractivity contribution in [3.05, 3.63) is 36.3 Å². The van der Waals surface area contributed by atoms with Gasteiger partial charge in [0.25, 0.3) is 0 Å². The summed E-state index contributed by atoms with van der Waals surface area (Å²) in [4.78, 5) is 3.96. The average molecular weight is 191 g/mol. The summed E-state index contributed by atoms with van der Waals surface area (Å²) in [7, 11) is -1.57. The summed E-state index contributed by atoms with van der Waals surface area (Å²) in [6.07, 6.45) is 1.35. The van der Waals surface area contributed by atoms with E-state index in [-0.39, 0.29) is 11.3 Å². The van der Waals surface area contributed by atoms with Gasteiger partial charge in [0.05, 0.1) is 5.52 Å². The molecular formula is C9H7BFNO2. The van der Waals surface area contributed by atoms with E-state index in [9.17, 15) is 4.39 Å². The second-order valence-corrected chi connectivity index (χ2v) is 2.98. The van der Waals surface area contributed by atoms with Gasteiger partial charge in [-0.3, -0.25) is 4.98 Å². The van der Waals surface area contributed by atoms with Crippen LogP contribution in [0.4, 0.5) is 4.39 Å². The molecule has 0 fully saturated rings. The lowest BCUT2D eigenvalue weighted by atomic mass is 9.81. The van der Waals surface area contributed by atoms with Crippen LogP contribution in [0.2, 0.25) is 0 Å². The number of fused-ring (bicyclic) bond motifs is 1. The molecule has 70 valence electrons. The molecular weight excluding hydrogens is 184 g/mol. The Morgan fingerprint density at radius 3 is 2.71 bits per heavy atom. The van der Waals surface area contributed by atoms with Gasteiger partial charge in [-0.05, 0) is 18.2 Å². The van der Waals surface area contributed by atoms with E-state index in [0.717, 1.165) is 0 Å². The molecule has 0 aliphatic carbocycles. The highest BCUT2D eigenvalue weighted by atomic mass is 19.1. The minimum atomic E-state index is -1.57. The molecule has 3 nitrogen and oxygen atoms in total. The van der Waals surface area contributed by atoms with Gasteiger partial charge in [-0.1, -0.05) is 6.07 Å². The minimum absolute atomic E-state index is 0.253. The van der Waals surface area contributed by atoms with Gasteiger partial charge in [0.15, 0.2) is 0 Å². The molecule has 14 heavy (non-hydrogen) atoms. The lowest BCUT2D eigenvalue weighted by molar-refractivity contribution is 0.425. The molecule has 5 heteroatoms. The number of rotatable bonds is 1. The smallest absolute Gasteiger partial charge is 0.423 e. The van der Waals surface area contributed by atoms with E-state index in [1.165, 1.54) is 30.5 Å². The van der Waals surface area contributed by atoms with Crippen LogP contribution in [0.5, 0.6) is 0 Å². The molecule has 2 aromatic rings. The summed E-state index contributed by atoms with van der Waals surface area (Å²) in [6, 6.07) is 5.65. The molecule has 0 saturated heterocycles. The van der Waals surface area contributed by atoms with Crippen molar-refractivity contribution in [3.63, 3.8) is 0 Å². The third-order valence-electron chi connectivity index (χ3n) is 1.96. The fraction of sp³-hybridized carbons (Fsp3) is 0. The molecule has 0 aliphatic rings. The maximum atomic E-state index is 12.8. The van der Waals surface area contributed by atoms with Crippen LogP contribution in [0.1, 0.15) is 0 Å². The number of benzene rings is 1. The number of aromatic nitrogens is 1. The maximum absolute atomic E-state index is 12.8. The Morgan fingerprint density at radius 2 is 2.00 bits per heavy atom. The van der Waals surface area contributed by atoms with Crippen molar-refractivity contribution >= 4 is 23.5 Å². The van der Waals surface area contributed by atoms with Crippen LogP contribution in [-0.4, -0.2) is 22.2 Å². The molecule has 1 aromatic carbocycles. The van der Waals surface area contributed by atoms with E-state index in [4.69, 9.17) is 10.0 Å². The first-order valence-electron chi connectivity index (χ1n) is 4.08. The van der Waals surface area contributed by atoms with Crippen molar-refractivity contribution in [2.24, 2.45) is 0 Å². The second-order valence-electron chi connectivity index (χ2n) is 2.98. The van der Waals surface area contributed by atoms with Crippen LogP contribution in [0.25, 0.3) is 10.9 Å². The number of hydrogen-bond acceptors (Lipinski definition) is 3. The fourth-order valence-corrected chi connectivity index (χ4v) is 1.26. The molecule has 0 unspecified atom stereocenters. The Morgan fingerprint density at radius 1 is 1.21 bits per heavy atom. The van der Waals surface area contributed by atoms with Crippen LogP contribution >= 0.6 is 0 Å². The zero-order valence-corrected chi connectivity index (χ0v) is 7.18. The average Bonchev–Trinajstić information content (AvgIpc) is 2.16. The Balaban J connectivity index is 2.63. The Hall–Kier alpha value is -1.46. The van der Waals surface area contributed by atoms with Crippen LogP contribution in [0, 0.1) is 5.82 Å². The van der Waals surface area contributed by atoms with E-state index in [0.29, 0.717) is 10.9 Å². The normalized spacial score (nSPS) is 10.5. The number of nitrogens with zero attached hydrogens (tertiary/aromatic N) is 1. The fourth-order valence-electron chi connectivity index (χ4n) is 1.26. The molecule has 0 saturated carbocycles. The van der Waals surface area contributed by atoms with Gasteiger partial charge in [-0.15, -0.1) is 0 Å². The molecule has 0 spiro atoms. The summed E-state index contributed by atoms with van der Waals surface area (Å²) in [6.45, 7) is 0. The van der Waals surface area contributed by atoms with Crippen LogP contribution in [0.3, 0.4) is 0 Å². The minimum Gasteiger partial charge on any atom is -0.423 e. The van der Waals surface area contributed by atoms with E-state index in [2.05, 4.69) is 4.98 Å². The molecule has 1 heterocycles. The van der Waals surface area contributed by atoms with Crippen molar-refractivity contribution in [3.8, 4) is 0 Å². The van der Waals surface area contributed by atoms with Gasteiger partial charge in [0, 0.05) is 17.0 Å². The van der Waals surface area contributed by atoms with Crippen molar-refractivity contribution in [1.29, 1.82) is 0 Å². The first kappa shape index (κ1) is 9.11. The van der Waals surface area contributed by atoms with Gasteiger partial charge in [-0.25, -0.2) is 4.39 Å². The van der Waals surface area contributed by atoms with Gasteiger partial charge in [-0.2, -0.15) is 0 Å². The third kappa shape index (κ3) is 1.59. The Kier molecular flexibility index (Phi) is 2.19. The summed E-state index contributed by atoms with van der Waals surface area (Å²) >= 11 is 0. The highest BCUT2D eigenvalue weighted by molar-refractivity contribution is 6.58. The molecule has 0 atom stereocenters. The summed E-state index contributed by atoms with van der Waals surface area (Å²) < 4.78 is 12.8. The Labute approximate surface area is 80.0 Å². The van der Waals surface area contributed by atoms with Crippen LogP contribution < -0.4 is 5.46 Å². The maximum Gasteiger partial charge on any atom is 0.490 e. The van der Waals surface area contributed by atoms with E-state index < -0.39 is 7.12 Å². The zero-order valence-electron chi connectivity index (χ0n) is 7.18. The molecule has 0 aliphatic heterocycles. The highest BCUT2D eigenvalue weighted by Gasteiger charge is 2.11. The second kappa shape index (κ2) is 3.36. The van der Waals surface area contributed by atoms with E-state index in [1.54, 1.807) is 0 Å². The number of pyridine rings is 1. The predicted molar refractivity (Wildman–Crippen MR) is 51.5 cm³/mol. The largest absolute Gasteiger partial charge is 0.490 e. The lowest BCUT2D eigenvalue weighted by Gasteiger charge is -2.01. The molecule has 0 amide bonds. The standard InChI is InChI=1S/C9H7BFNO2/c11-8-1-2-9-6(4-8)3-7(5-12-9)10(13)14/h1-5,13-14H. The first-order valence-corrected chi connectivity index (χ1v) is 4.08. The topological polar surface area (TPSA) is 53.4 Å². The first-order chi connectivity index (χ1) is 6.66. The van der Waals surface area contributed by atoms with Crippen molar-refractivity contribution in [2.75, 3.05) is 0 Å². The van der Waals surface area contributed by atoms with E-state index >= 15 is 0 Å². The molecule has 1 aromatic heterocycles. The third-order valence-corrected chi connectivity index (χ3v) is 1.96. The van der Waals surface area contributed by atoms with Gasteiger partial charge >= 0.3 is 7.12 Å². The number of hydrogen-bond donors (Lipinski definition) is 2. The highest BCUT2D eigenvalue weighted by Crippen LogP contribution is 2.11. The Bertz CT molecular complexity index is 475. The summed E-state index contributed by atoms with van der Waals surface area (Å²) in [5, 5.41) is 18.3. The number of halogens is 1. The zero-order chi connectivity index (χ0) is 10.1. The molecule has 2 N–H and O–H groups in total. The SMILES string of the molecule is OB(O)c1cnc2ccc(F)cc2c1. The van der Waals surface area contributed by atoms with Crippen molar-refractivity contribution < 1.29 is 14.4 Å². The van der Waals surface area contributed by atoms with Crippen LogP contribution in [0.15, 0.2) is 30.5 Å². The van der Waals surface area contributed by atoms with Crippen molar-refractivity contribution in [2.45, 2.75) is 0 Å². The predicted octanol–water partition coefficient (Wildman–Crippen LogP) is 0.0537.